The largest absolute Gasteiger partial charge is 0.467 e. The van der Waals surface area contributed by atoms with Crippen molar-refractivity contribution in [2.24, 2.45) is 0 Å². The molecule has 0 saturated heterocycles. The zero-order chi connectivity index (χ0) is 19.7. The molecule has 0 aliphatic rings. The summed E-state index contributed by atoms with van der Waals surface area (Å²) in [6.45, 7) is 4.50. The lowest BCUT2D eigenvalue weighted by atomic mass is 10.1. The highest BCUT2D eigenvalue weighted by Crippen LogP contribution is 2.21. The van der Waals surface area contributed by atoms with Crippen molar-refractivity contribution >= 4 is 28.2 Å². The van der Waals surface area contributed by atoms with Crippen molar-refractivity contribution in [2.75, 3.05) is 0 Å². The SMILES string of the molecule is Cc1cc(C)c2c(=O)cc(C(=O)N(Cc3ccco3)Cc3cccs3)oc2c1. The lowest BCUT2D eigenvalue weighted by molar-refractivity contribution is 0.0687. The van der Waals surface area contributed by atoms with Crippen LogP contribution in [0.3, 0.4) is 0 Å². The van der Waals surface area contributed by atoms with Crippen LogP contribution in [0.5, 0.6) is 0 Å². The molecule has 142 valence electrons. The van der Waals surface area contributed by atoms with Gasteiger partial charge in [0.1, 0.15) is 11.3 Å². The number of thiophene rings is 1. The summed E-state index contributed by atoms with van der Waals surface area (Å²) in [6.07, 6.45) is 1.57. The first-order valence-corrected chi connectivity index (χ1v) is 9.78. The van der Waals surface area contributed by atoms with E-state index in [1.54, 1.807) is 34.6 Å². The van der Waals surface area contributed by atoms with Crippen LogP contribution in [-0.4, -0.2) is 10.8 Å². The molecule has 1 aromatic carbocycles. The average Bonchev–Trinajstić information content (AvgIpc) is 3.33. The summed E-state index contributed by atoms with van der Waals surface area (Å²) < 4.78 is 11.3. The second kappa shape index (κ2) is 7.48. The highest BCUT2D eigenvalue weighted by molar-refractivity contribution is 7.09. The summed E-state index contributed by atoms with van der Waals surface area (Å²) in [4.78, 5) is 28.5. The molecule has 0 aliphatic heterocycles. The van der Waals surface area contributed by atoms with Gasteiger partial charge in [-0.3, -0.25) is 9.59 Å². The monoisotopic (exact) mass is 393 g/mol. The van der Waals surface area contributed by atoms with E-state index in [1.165, 1.54) is 6.07 Å². The van der Waals surface area contributed by atoms with Gasteiger partial charge in [-0.1, -0.05) is 12.1 Å². The lowest BCUT2D eigenvalue weighted by Crippen LogP contribution is -2.30. The number of amides is 1. The molecule has 3 heterocycles. The van der Waals surface area contributed by atoms with E-state index in [-0.39, 0.29) is 17.1 Å². The number of benzene rings is 1. The minimum absolute atomic E-state index is 0.0330. The van der Waals surface area contributed by atoms with Crippen molar-refractivity contribution < 1.29 is 13.6 Å². The normalized spacial score (nSPS) is 11.1. The third kappa shape index (κ3) is 3.64. The molecule has 0 aliphatic carbocycles. The maximum absolute atomic E-state index is 13.2. The molecule has 0 N–H and O–H groups in total. The quantitative estimate of drug-likeness (QED) is 0.483. The summed E-state index contributed by atoms with van der Waals surface area (Å²) in [7, 11) is 0. The molecule has 0 spiro atoms. The third-order valence-electron chi connectivity index (χ3n) is 4.52. The van der Waals surface area contributed by atoms with Gasteiger partial charge in [-0.2, -0.15) is 0 Å². The highest BCUT2D eigenvalue weighted by Gasteiger charge is 2.22. The zero-order valence-corrected chi connectivity index (χ0v) is 16.4. The minimum Gasteiger partial charge on any atom is -0.467 e. The van der Waals surface area contributed by atoms with Gasteiger partial charge in [-0.25, -0.2) is 0 Å². The molecule has 3 aromatic heterocycles. The summed E-state index contributed by atoms with van der Waals surface area (Å²) in [5.74, 6) is 0.355. The minimum atomic E-state index is -0.344. The summed E-state index contributed by atoms with van der Waals surface area (Å²) in [5.41, 5.74) is 2.04. The van der Waals surface area contributed by atoms with Crippen LogP contribution in [0.15, 0.2) is 67.7 Å². The van der Waals surface area contributed by atoms with Gasteiger partial charge in [0.25, 0.3) is 5.91 Å². The first-order valence-electron chi connectivity index (χ1n) is 8.90. The van der Waals surface area contributed by atoms with Crippen molar-refractivity contribution in [1.82, 2.24) is 4.90 Å². The Labute approximate surface area is 165 Å². The zero-order valence-electron chi connectivity index (χ0n) is 15.6. The van der Waals surface area contributed by atoms with Crippen LogP contribution in [0, 0.1) is 13.8 Å². The first kappa shape index (κ1) is 18.3. The molecule has 0 radical (unpaired) electrons. The van der Waals surface area contributed by atoms with E-state index in [9.17, 15) is 9.59 Å². The second-order valence-corrected chi connectivity index (χ2v) is 7.78. The van der Waals surface area contributed by atoms with Gasteiger partial charge in [0.2, 0.25) is 0 Å². The standard InChI is InChI=1S/C22H19NO4S/c1-14-9-15(2)21-18(24)11-20(27-19(21)10-14)22(25)23(12-16-5-3-7-26-16)13-17-6-4-8-28-17/h3-11H,12-13H2,1-2H3. The predicted molar refractivity (Wildman–Crippen MR) is 109 cm³/mol. The van der Waals surface area contributed by atoms with Crippen molar-refractivity contribution in [3.63, 3.8) is 0 Å². The molecule has 0 unspecified atom stereocenters. The van der Waals surface area contributed by atoms with Gasteiger partial charge in [0, 0.05) is 10.9 Å². The first-order chi connectivity index (χ1) is 13.5. The fraction of sp³-hybridized carbons (Fsp3) is 0.182. The number of aryl methyl sites for hydroxylation is 2. The maximum Gasteiger partial charge on any atom is 0.290 e. The number of carbonyl (C=O) groups excluding carboxylic acids is 1. The lowest BCUT2D eigenvalue weighted by Gasteiger charge is -2.20. The van der Waals surface area contributed by atoms with Crippen LogP contribution in [-0.2, 0) is 13.1 Å². The molecule has 0 bridgehead atoms. The average molecular weight is 393 g/mol. The molecule has 4 aromatic rings. The predicted octanol–water partition coefficient (Wildman–Crippen LogP) is 4.91. The molecule has 5 nitrogen and oxygen atoms in total. The number of hydrogen-bond donors (Lipinski definition) is 0. The molecule has 0 atom stereocenters. The van der Waals surface area contributed by atoms with Crippen molar-refractivity contribution in [1.29, 1.82) is 0 Å². The molecule has 6 heteroatoms. The van der Waals surface area contributed by atoms with Crippen LogP contribution in [0.2, 0.25) is 0 Å². The smallest absolute Gasteiger partial charge is 0.290 e. The van der Waals surface area contributed by atoms with Crippen LogP contribution >= 0.6 is 11.3 Å². The van der Waals surface area contributed by atoms with Crippen LogP contribution in [0.25, 0.3) is 11.0 Å². The van der Waals surface area contributed by atoms with E-state index in [0.717, 1.165) is 16.0 Å². The second-order valence-electron chi connectivity index (χ2n) is 6.75. The van der Waals surface area contributed by atoms with Crippen molar-refractivity contribution in [3.05, 3.63) is 91.9 Å². The third-order valence-corrected chi connectivity index (χ3v) is 5.38. The van der Waals surface area contributed by atoms with E-state index in [0.29, 0.717) is 29.8 Å². The number of fused-ring (bicyclic) bond motifs is 1. The molecule has 0 saturated carbocycles. The van der Waals surface area contributed by atoms with E-state index in [4.69, 9.17) is 8.83 Å². The van der Waals surface area contributed by atoms with Crippen molar-refractivity contribution in [2.45, 2.75) is 26.9 Å². The van der Waals surface area contributed by atoms with Gasteiger partial charge in [0.15, 0.2) is 11.2 Å². The summed E-state index contributed by atoms with van der Waals surface area (Å²) >= 11 is 1.57. The molecule has 4 rings (SSSR count). The Morgan fingerprint density at radius 1 is 1.11 bits per heavy atom. The van der Waals surface area contributed by atoms with Gasteiger partial charge >= 0.3 is 0 Å². The highest BCUT2D eigenvalue weighted by atomic mass is 32.1. The number of carbonyl (C=O) groups is 1. The van der Waals surface area contributed by atoms with E-state index < -0.39 is 0 Å². The van der Waals surface area contributed by atoms with Gasteiger partial charge in [-0.05, 0) is 54.6 Å². The Bertz CT molecular complexity index is 1140. The van der Waals surface area contributed by atoms with E-state index in [1.807, 2.05) is 43.5 Å². The molecular weight excluding hydrogens is 374 g/mol. The Morgan fingerprint density at radius 2 is 1.96 bits per heavy atom. The Morgan fingerprint density at radius 3 is 2.68 bits per heavy atom. The Kier molecular flexibility index (Phi) is 4.88. The van der Waals surface area contributed by atoms with Crippen molar-refractivity contribution in [3.8, 4) is 0 Å². The molecular formula is C22H19NO4S. The Balaban J connectivity index is 1.74. The van der Waals surface area contributed by atoms with Gasteiger partial charge in [0.05, 0.1) is 24.7 Å². The van der Waals surface area contributed by atoms with Crippen LogP contribution < -0.4 is 5.43 Å². The number of hydrogen-bond acceptors (Lipinski definition) is 5. The summed E-state index contributed by atoms with van der Waals surface area (Å²) in [6, 6.07) is 12.5. The topological polar surface area (TPSA) is 63.7 Å². The molecule has 1 amide bonds. The maximum atomic E-state index is 13.2. The number of nitrogens with zero attached hydrogens (tertiary/aromatic N) is 1. The van der Waals surface area contributed by atoms with Crippen LogP contribution in [0.4, 0.5) is 0 Å². The Hall–Kier alpha value is -3.12. The van der Waals surface area contributed by atoms with Gasteiger partial charge < -0.3 is 13.7 Å². The van der Waals surface area contributed by atoms with E-state index >= 15 is 0 Å². The molecule has 28 heavy (non-hydrogen) atoms. The number of rotatable bonds is 5. The van der Waals surface area contributed by atoms with E-state index in [2.05, 4.69) is 0 Å². The fourth-order valence-corrected chi connectivity index (χ4v) is 4.03. The van der Waals surface area contributed by atoms with Gasteiger partial charge in [-0.15, -0.1) is 11.3 Å². The van der Waals surface area contributed by atoms with Crippen LogP contribution in [0.1, 0.15) is 32.3 Å². The molecule has 0 fully saturated rings. The fourth-order valence-electron chi connectivity index (χ4n) is 3.31. The number of furan rings is 1. The summed E-state index contributed by atoms with van der Waals surface area (Å²) in [5, 5.41) is 2.48.